The third-order valence-corrected chi connectivity index (χ3v) is 6.10. The first-order valence-corrected chi connectivity index (χ1v) is 9.84. The highest BCUT2D eigenvalue weighted by Crippen LogP contribution is 2.50. The Kier molecular flexibility index (Phi) is 4.03. The Hall–Kier alpha value is -3.06. The number of hydrogen-bond acceptors (Lipinski definition) is 3. The quantitative estimate of drug-likeness (QED) is 0.290. The van der Waals surface area contributed by atoms with Crippen LogP contribution in [0.1, 0.15) is 5.56 Å². The van der Waals surface area contributed by atoms with Crippen LogP contribution < -0.4 is 10.6 Å². The minimum atomic E-state index is -4.40. The molecule has 0 bridgehead atoms. The molecule has 3 nitrogen and oxygen atoms in total. The average Bonchev–Trinajstić information content (AvgIpc) is 3.14. The molecule has 0 fully saturated rings. The number of H-pyrrole nitrogens is 1. The zero-order valence-corrected chi connectivity index (χ0v) is 16.1. The van der Waals surface area contributed by atoms with Crippen molar-refractivity contribution in [2.24, 2.45) is 0 Å². The molecule has 0 aliphatic carbocycles. The lowest BCUT2D eigenvalue weighted by atomic mass is 10.1. The van der Waals surface area contributed by atoms with E-state index in [9.17, 15) is 13.2 Å². The fourth-order valence-corrected chi connectivity index (χ4v) is 4.65. The summed E-state index contributed by atoms with van der Waals surface area (Å²) in [6, 6.07) is 18.4. The van der Waals surface area contributed by atoms with Gasteiger partial charge in [0, 0.05) is 33.4 Å². The van der Waals surface area contributed by atoms with E-state index in [4.69, 9.17) is 0 Å². The summed E-state index contributed by atoms with van der Waals surface area (Å²) in [6.45, 7) is 0. The predicted octanol–water partition coefficient (Wildman–Crippen LogP) is 7.10. The lowest BCUT2D eigenvalue weighted by molar-refractivity contribution is -0.137. The van der Waals surface area contributed by atoms with Crippen molar-refractivity contribution in [3.63, 3.8) is 0 Å². The molecule has 4 aromatic rings. The molecule has 0 radical (unpaired) electrons. The van der Waals surface area contributed by atoms with E-state index >= 15 is 0 Å². The molecule has 2 heterocycles. The van der Waals surface area contributed by atoms with Crippen LogP contribution in [0.25, 0.3) is 22.2 Å². The van der Waals surface area contributed by atoms with E-state index in [1.165, 1.54) is 17.8 Å². The molecule has 0 saturated heterocycles. The second-order valence-corrected chi connectivity index (χ2v) is 7.94. The SMILES string of the molecule is CNc1cc(C(F)(F)F)cc2c1Nc1ccc(-c3cc4ccccc4[nH]3)cc1S2. The molecule has 1 aromatic heterocycles. The van der Waals surface area contributed by atoms with Crippen molar-refractivity contribution < 1.29 is 13.2 Å². The first-order chi connectivity index (χ1) is 13.9. The number of rotatable bonds is 2. The molecule has 0 unspecified atom stereocenters. The Bertz CT molecular complexity index is 1210. The van der Waals surface area contributed by atoms with Crippen molar-refractivity contribution >= 4 is 39.7 Å². The van der Waals surface area contributed by atoms with Crippen molar-refractivity contribution in [1.82, 2.24) is 4.98 Å². The van der Waals surface area contributed by atoms with Crippen LogP contribution in [0.5, 0.6) is 0 Å². The summed E-state index contributed by atoms with van der Waals surface area (Å²) in [5.74, 6) is 0. The molecule has 0 atom stereocenters. The molecule has 29 heavy (non-hydrogen) atoms. The van der Waals surface area contributed by atoms with Gasteiger partial charge in [0.15, 0.2) is 0 Å². The highest BCUT2D eigenvalue weighted by atomic mass is 32.2. The highest BCUT2D eigenvalue weighted by molar-refractivity contribution is 7.99. The smallest absolute Gasteiger partial charge is 0.386 e. The van der Waals surface area contributed by atoms with Crippen LogP contribution in [0.15, 0.2) is 70.5 Å². The molecular formula is C22H16F3N3S. The van der Waals surface area contributed by atoms with E-state index in [2.05, 4.69) is 21.7 Å². The molecule has 3 aromatic carbocycles. The Labute approximate surface area is 169 Å². The Morgan fingerprint density at radius 3 is 2.52 bits per heavy atom. The van der Waals surface area contributed by atoms with Gasteiger partial charge >= 0.3 is 6.18 Å². The van der Waals surface area contributed by atoms with Crippen LogP contribution in [0.4, 0.5) is 30.2 Å². The molecule has 1 aliphatic rings. The Morgan fingerprint density at radius 1 is 0.931 bits per heavy atom. The Morgan fingerprint density at radius 2 is 1.76 bits per heavy atom. The highest BCUT2D eigenvalue weighted by Gasteiger charge is 2.33. The lowest BCUT2D eigenvalue weighted by Crippen LogP contribution is -2.10. The fraction of sp³-hybridized carbons (Fsp3) is 0.0909. The van der Waals surface area contributed by atoms with E-state index in [-0.39, 0.29) is 0 Å². The van der Waals surface area contributed by atoms with Gasteiger partial charge in [0.25, 0.3) is 0 Å². The molecule has 0 amide bonds. The van der Waals surface area contributed by atoms with Crippen molar-refractivity contribution in [1.29, 1.82) is 0 Å². The number of fused-ring (bicyclic) bond motifs is 3. The Balaban J connectivity index is 1.57. The number of benzene rings is 3. The minimum absolute atomic E-state index is 0.424. The standard InChI is InChI=1S/C22H16F3N3S/c1-26-18-10-14(22(23,24)25)11-20-21(18)28-16-7-6-13(9-19(16)29-20)17-8-12-4-2-3-5-15(12)27-17/h2-11,26-28H,1H3. The van der Waals surface area contributed by atoms with Crippen LogP contribution in [0.2, 0.25) is 0 Å². The maximum atomic E-state index is 13.3. The van der Waals surface area contributed by atoms with Gasteiger partial charge in [-0.3, -0.25) is 0 Å². The van der Waals surface area contributed by atoms with E-state index in [0.29, 0.717) is 16.3 Å². The first-order valence-electron chi connectivity index (χ1n) is 9.02. The molecule has 5 rings (SSSR count). The molecule has 7 heteroatoms. The van der Waals surface area contributed by atoms with Gasteiger partial charge in [-0.15, -0.1) is 0 Å². The molecule has 0 saturated carbocycles. The van der Waals surface area contributed by atoms with Crippen molar-refractivity contribution in [3.8, 4) is 11.3 Å². The number of nitrogens with one attached hydrogen (secondary N) is 3. The van der Waals surface area contributed by atoms with Gasteiger partial charge < -0.3 is 15.6 Å². The first kappa shape index (κ1) is 18.0. The summed E-state index contributed by atoms with van der Waals surface area (Å²) in [4.78, 5) is 4.83. The van der Waals surface area contributed by atoms with E-state index in [1.807, 2.05) is 42.5 Å². The van der Waals surface area contributed by atoms with Crippen LogP contribution >= 0.6 is 11.8 Å². The number of aromatic amines is 1. The zero-order chi connectivity index (χ0) is 20.2. The second kappa shape index (κ2) is 6.49. The third kappa shape index (κ3) is 3.11. The second-order valence-electron chi connectivity index (χ2n) is 6.85. The zero-order valence-electron chi connectivity index (χ0n) is 15.3. The molecular weight excluding hydrogens is 395 g/mol. The van der Waals surface area contributed by atoms with E-state index in [1.54, 1.807) is 7.05 Å². The van der Waals surface area contributed by atoms with Gasteiger partial charge in [-0.1, -0.05) is 36.0 Å². The number of para-hydroxylation sites is 1. The van der Waals surface area contributed by atoms with Crippen molar-refractivity contribution in [3.05, 3.63) is 66.2 Å². The minimum Gasteiger partial charge on any atom is -0.386 e. The van der Waals surface area contributed by atoms with Crippen LogP contribution in [-0.2, 0) is 6.18 Å². The molecule has 0 spiro atoms. The molecule has 3 N–H and O–H groups in total. The largest absolute Gasteiger partial charge is 0.416 e. The number of aromatic nitrogens is 1. The summed E-state index contributed by atoms with van der Waals surface area (Å²) in [5, 5.41) is 7.27. The van der Waals surface area contributed by atoms with Gasteiger partial charge in [-0.05, 0) is 42.0 Å². The maximum absolute atomic E-state index is 13.3. The van der Waals surface area contributed by atoms with Gasteiger partial charge in [-0.25, -0.2) is 0 Å². The van der Waals surface area contributed by atoms with Crippen LogP contribution in [-0.4, -0.2) is 12.0 Å². The average molecular weight is 411 g/mol. The van der Waals surface area contributed by atoms with E-state index < -0.39 is 11.7 Å². The summed E-state index contributed by atoms with van der Waals surface area (Å²) in [6.07, 6.45) is -4.40. The number of anilines is 3. The van der Waals surface area contributed by atoms with Gasteiger partial charge in [-0.2, -0.15) is 13.2 Å². The van der Waals surface area contributed by atoms with Gasteiger partial charge in [0.1, 0.15) is 0 Å². The monoisotopic (exact) mass is 411 g/mol. The van der Waals surface area contributed by atoms with Crippen molar-refractivity contribution in [2.45, 2.75) is 16.0 Å². The van der Waals surface area contributed by atoms with Crippen LogP contribution in [0, 0.1) is 0 Å². The number of hydrogen-bond donors (Lipinski definition) is 3. The van der Waals surface area contributed by atoms with Crippen LogP contribution in [0.3, 0.4) is 0 Å². The normalized spacial score (nSPS) is 13.0. The summed E-state index contributed by atoms with van der Waals surface area (Å²) in [7, 11) is 1.62. The van der Waals surface area contributed by atoms with E-state index in [0.717, 1.165) is 38.8 Å². The van der Waals surface area contributed by atoms with Gasteiger partial charge in [0.05, 0.1) is 22.6 Å². The van der Waals surface area contributed by atoms with Gasteiger partial charge in [0.2, 0.25) is 0 Å². The summed E-state index contributed by atoms with van der Waals surface area (Å²) in [5.41, 5.74) is 4.30. The lowest BCUT2D eigenvalue weighted by Gasteiger charge is -2.25. The predicted molar refractivity (Wildman–Crippen MR) is 112 cm³/mol. The summed E-state index contributed by atoms with van der Waals surface area (Å²) < 4.78 is 39.9. The van der Waals surface area contributed by atoms with Crippen molar-refractivity contribution in [2.75, 3.05) is 17.7 Å². The topological polar surface area (TPSA) is 39.8 Å². The summed E-state index contributed by atoms with van der Waals surface area (Å²) >= 11 is 1.34. The number of halogens is 3. The fourth-order valence-electron chi connectivity index (χ4n) is 3.55. The molecule has 1 aliphatic heterocycles. The maximum Gasteiger partial charge on any atom is 0.416 e. The number of alkyl halides is 3. The molecule has 146 valence electrons. The third-order valence-electron chi connectivity index (χ3n) is 5.00.